The minimum Gasteiger partial charge on any atom is -0.481 e. The third-order valence-corrected chi connectivity index (χ3v) is 4.43. The van der Waals surface area contributed by atoms with Gasteiger partial charge in [0.15, 0.2) is 0 Å². The zero-order valence-corrected chi connectivity index (χ0v) is 14.5. The van der Waals surface area contributed by atoms with Crippen LogP contribution in [0.3, 0.4) is 0 Å². The molecule has 9 heteroatoms. The highest BCUT2D eigenvalue weighted by Crippen LogP contribution is 2.43. The molecule has 0 aliphatic heterocycles. The fourth-order valence-electron chi connectivity index (χ4n) is 2.86. The topological polar surface area (TPSA) is 75.4 Å². The largest absolute Gasteiger partial charge is 0.481 e. The number of nitrogens with zero attached hydrogens (tertiary/aromatic N) is 3. The second kappa shape index (κ2) is 7.05. The number of carbonyl (C=O) groups excluding carboxylic acids is 1. The highest BCUT2D eigenvalue weighted by atomic mass is 19.4. The van der Waals surface area contributed by atoms with E-state index in [1.165, 1.54) is 35.0 Å². The summed E-state index contributed by atoms with van der Waals surface area (Å²) in [4.78, 5) is 24.7. The maximum atomic E-state index is 13.0. The second-order valence-corrected chi connectivity index (χ2v) is 6.55. The Hall–Kier alpha value is -2.84. The monoisotopic (exact) mass is 381 g/mol. The van der Waals surface area contributed by atoms with Crippen molar-refractivity contribution < 1.29 is 27.9 Å². The number of hydrogen-bond acceptors (Lipinski definition) is 3. The number of benzene rings is 1. The molecule has 1 fully saturated rings. The summed E-state index contributed by atoms with van der Waals surface area (Å²) in [6.45, 7) is 0.0347. The van der Waals surface area contributed by atoms with Crippen LogP contribution in [0, 0.1) is 0 Å². The molecule has 3 rings (SSSR count). The van der Waals surface area contributed by atoms with Crippen LogP contribution < -0.4 is 0 Å². The predicted molar refractivity (Wildman–Crippen MR) is 89.8 cm³/mol. The van der Waals surface area contributed by atoms with E-state index >= 15 is 0 Å². The first kappa shape index (κ1) is 18.9. The molecule has 1 amide bonds. The van der Waals surface area contributed by atoms with Crippen LogP contribution in [-0.2, 0) is 11.0 Å². The number of amides is 1. The van der Waals surface area contributed by atoms with Crippen molar-refractivity contribution in [2.75, 3.05) is 13.6 Å². The lowest BCUT2D eigenvalue weighted by molar-refractivity contribution is -0.138. The Morgan fingerprint density at radius 3 is 2.63 bits per heavy atom. The Balaban J connectivity index is 1.95. The average Bonchev–Trinajstić information content (AvgIpc) is 3.36. The maximum absolute atomic E-state index is 13.0. The smallest absolute Gasteiger partial charge is 0.416 e. The summed E-state index contributed by atoms with van der Waals surface area (Å²) in [5.41, 5.74) is 0.312. The van der Waals surface area contributed by atoms with E-state index in [9.17, 15) is 22.8 Å². The van der Waals surface area contributed by atoms with E-state index in [1.807, 2.05) is 0 Å². The van der Waals surface area contributed by atoms with Gasteiger partial charge in [-0.15, -0.1) is 0 Å². The molecule has 1 aromatic carbocycles. The fraction of sp³-hybridized carbons (Fsp3) is 0.389. The summed E-state index contributed by atoms with van der Waals surface area (Å²) in [6.07, 6.45) is -1.68. The molecule has 144 valence electrons. The molecular weight excluding hydrogens is 363 g/mol. The van der Waals surface area contributed by atoms with Gasteiger partial charge >= 0.3 is 12.1 Å². The summed E-state index contributed by atoms with van der Waals surface area (Å²) in [7, 11) is 1.49. The van der Waals surface area contributed by atoms with Crippen molar-refractivity contribution in [3.05, 3.63) is 47.3 Å². The molecule has 1 aliphatic rings. The number of alkyl halides is 3. The Labute approximate surface area is 153 Å². The van der Waals surface area contributed by atoms with E-state index in [0.717, 1.165) is 25.0 Å². The van der Waals surface area contributed by atoms with Gasteiger partial charge in [-0.1, -0.05) is 6.07 Å². The van der Waals surface area contributed by atoms with Gasteiger partial charge in [-0.25, -0.2) is 4.68 Å². The van der Waals surface area contributed by atoms with Gasteiger partial charge in [-0.05, 0) is 31.0 Å². The molecule has 1 aliphatic carbocycles. The van der Waals surface area contributed by atoms with Crippen molar-refractivity contribution in [2.24, 2.45) is 0 Å². The molecule has 0 spiro atoms. The third-order valence-electron chi connectivity index (χ3n) is 4.43. The van der Waals surface area contributed by atoms with Crippen molar-refractivity contribution in [3.8, 4) is 5.69 Å². The van der Waals surface area contributed by atoms with Crippen LogP contribution in [0.25, 0.3) is 5.69 Å². The Morgan fingerprint density at radius 2 is 2.04 bits per heavy atom. The van der Waals surface area contributed by atoms with Crippen LogP contribution in [0.1, 0.15) is 46.8 Å². The number of carboxylic acid groups (broad SMARTS) is 1. The molecule has 27 heavy (non-hydrogen) atoms. The fourth-order valence-corrected chi connectivity index (χ4v) is 2.86. The number of carboxylic acids is 1. The molecule has 0 saturated heterocycles. The minimum absolute atomic E-state index is 0.0347. The van der Waals surface area contributed by atoms with Crippen molar-refractivity contribution in [2.45, 2.75) is 31.4 Å². The molecule has 1 saturated carbocycles. The highest BCUT2D eigenvalue weighted by molar-refractivity contribution is 5.95. The van der Waals surface area contributed by atoms with Gasteiger partial charge in [-0.3, -0.25) is 9.59 Å². The van der Waals surface area contributed by atoms with E-state index < -0.39 is 23.6 Å². The average molecular weight is 381 g/mol. The molecule has 2 aromatic rings. The minimum atomic E-state index is -4.47. The standard InChI is InChI=1S/C18H18F3N3O3/c1-23(8-7-15(25)26)17(27)14-10-22-24(16(14)11-5-6-11)13-4-2-3-12(9-13)18(19,20)21/h2-4,9-11H,5-8H2,1H3,(H,25,26). The maximum Gasteiger partial charge on any atom is 0.416 e. The first-order valence-corrected chi connectivity index (χ1v) is 8.41. The van der Waals surface area contributed by atoms with Gasteiger partial charge in [0.05, 0.1) is 35.1 Å². The Bertz CT molecular complexity index is 872. The van der Waals surface area contributed by atoms with Gasteiger partial charge in [0.2, 0.25) is 0 Å². The Morgan fingerprint density at radius 1 is 1.33 bits per heavy atom. The van der Waals surface area contributed by atoms with E-state index in [-0.39, 0.29) is 24.6 Å². The zero-order chi connectivity index (χ0) is 19.8. The number of aromatic nitrogens is 2. The summed E-state index contributed by atoms with van der Waals surface area (Å²) in [6, 6.07) is 4.80. The van der Waals surface area contributed by atoms with E-state index in [1.54, 1.807) is 0 Å². The molecular formula is C18H18F3N3O3. The molecule has 0 unspecified atom stereocenters. The molecule has 0 radical (unpaired) electrons. The molecule has 1 heterocycles. The normalized spacial score (nSPS) is 14.2. The lowest BCUT2D eigenvalue weighted by Crippen LogP contribution is -2.29. The SMILES string of the molecule is CN(CCC(=O)O)C(=O)c1cnn(-c2cccc(C(F)(F)F)c2)c1C1CC1. The predicted octanol–water partition coefficient (Wildman–Crippen LogP) is 3.32. The molecule has 1 aromatic heterocycles. The quantitative estimate of drug-likeness (QED) is 0.833. The summed E-state index contributed by atoms with van der Waals surface area (Å²) < 4.78 is 40.4. The summed E-state index contributed by atoms with van der Waals surface area (Å²) in [5, 5.41) is 12.9. The van der Waals surface area contributed by atoms with Crippen molar-refractivity contribution in [1.82, 2.24) is 14.7 Å². The van der Waals surface area contributed by atoms with Crippen LogP contribution in [0.2, 0.25) is 0 Å². The second-order valence-electron chi connectivity index (χ2n) is 6.55. The van der Waals surface area contributed by atoms with Crippen molar-refractivity contribution >= 4 is 11.9 Å². The molecule has 0 bridgehead atoms. The first-order valence-electron chi connectivity index (χ1n) is 8.41. The lowest BCUT2D eigenvalue weighted by atomic mass is 10.1. The summed E-state index contributed by atoms with van der Waals surface area (Å²) in [5.74, 6) is -1.36. The number of carbonyl (C=O) groups is 2. The van der Waals surface area contributed by atoms with E-state index in [2.05, 4.69) is 5.10 Å². The van der Waals surface area contributed by atoms with Gasteiger partial charge in [0.25, 0.3) is 5.91 Å². The molecule has 1 N–H and O–H groups in total. The van der Waals surface area contributed by atoms with Crippen molar-refractivity contribution in [3.63, 3.8) is 0 Å². The Kier molecular flexibility index (Phi) is 4.95. The van der Waals surface area contributed by atoms with Gasteiger partial charge in [0, 0.05) is 19.5 Å². The zero-order valence-electron chi connectivity index (χ0n) is 14.5. The van der Waals surface area contributed by atoms with Crippen molar-refractivity contribution in [1.29, 1.82) is 0 Å². The van der Waals surface area contributed by atoms with Crippen LogP contribution in [0.4, 0.5) is 13.2 Å². The van der Waals surface area contributed by atoms with Crippen LogP contribution in [0.15, 0.2) is 30.5 Å². The van der Waals surface area contributed by atoms with E-state index in [4.69, 9.17) is 5.11 Å². The lowest BCUT2D eigenvalue weighted by Gasteiger charge is -2.17. The van der Waals surface area contributed by atoms with E-state index in [0.29, 0.717) is 11.3 Å². The third kappa shape index (κ3) is 4.12. The molecule has 6 nitrogen and oxygen atoms in total. The van der Waals surface area contributed by atoms with Gasteiger partial charge in [-0.2, -0.15) is 18.3 Å². The number of aliphatic carboxylic acids is 1. The van der Waals surface area contributed by atoms with Gasteiger partial charge in [0.1, 0.15) is 0 Å². The molecule has 0 atom stereocenters. The first-order chi connectivity index (χ1) is 12.7. The summed E-state index contributed by atoms with van der Waals surface area (Å²) >= 11 is 0. The highest BCUT2D eigenvalue weighted by Gasteiger charge is 2.35. The van der Waals surface area contributed by atoms with Crippen LogP contribution in [0.5, 0.6) is 0 Å². The number of rotatable bonds is 6. The number of hydrogen-bond donors (Lipinski definition) is 1. The number of halogens is 3. The van der Waals surface area contributed by atoms with Crippen LogP contribution in [-0.4, -0.2) is 45.3 Å². The van der Waals surface area contributed by atoms with Gasteiger partial charge < -0.3 is 10.0 Å². The van der Waals surface area contributed by atoms with Crippen LogP contribution >= 0.6 is 0 Å².